The summed E-state index contributed by atoms with van der Waals surface area (Å²) in [6, 6.07) is 0. The standard InChI is InChI=1S/C16H24O7/c1-7-8-11(2)10-23-16(3,15(19)22-6)12(14(18)21-5)9-13(17)20-4/h9H,2,7-8,10H2,1,3-6H3/b12-9+/t16-/m1/s1. The van der Waals surface area contributed by atoms with E-state index in [1.807, 2.05) is 6.92 Å². The average molecular weight is 328 g/mol. The summed E-state index contributed by atoms with van der Waals surface area (Å²) in [4.78, 5) is 35.7. The Bertz CT molecular complexity index is 493. The van der Waals surface area contributed by atoms with Gasteiger partial charge in [0.05, 0.1) is 33.5 Å². The molecule has 0 aromatic carbocycles. The highest BCUT2D eigenvalue weighted by Crippen LogP contribution is 2.26. The largest absolute Gasteiger partial charge is 0.467 e. The zero-order chi connectivity index (χ0) is 18.0. The molecule has 0 heterocycles. The minimum absolute atomic E-state index is 0.0228. The van der Waals surface area contributed by atoms with Gasteiger partial charge in [0, 0.05) is 6.08 Å². The van der Waals surface area contributed by atoms with Crippen molar-refractivity contribution in [2.45, 2.75) is 32.3 Å². The second-order valence-corrected chi connectivity index (χ2v) is 4.89. The smallest absolute Gasteiger partial charge is 0.342 e. The molecule has 0 rings (SSSR count). The quantitative estimate of drug-likeness (QED) is 0.275. The minimum Gasteiger partial charge on any atom is -0.467 e. The molecule has 0 N–H and O–H groups in total. The fourth-order valence-electron chi connectivity index (χ4n) is 1.79. The van der Waals surface area contributed by atoms with Crippen molar-refractivity contribution < 1.29 is 33.3 Å². The average Bonchev–Trinajstić information content (AvgIpc) is 2.55. The highest BCUT2D eigenvalue weighted by Gasteiger charge is 2.44. The maximum Gasteiger partial charge on any atom is 0.342 e. The lowest BCUT2D eigenvalue weighted by Crippen LogP contribution is -2.45. The van der Waals surface area contributed by atoms with E-state index in [1.54, 1.807) is 0 Å². The molecule has 0 radical (unpaired) electrons. The van der Waals surface area contributed by atoms with E-state index >= 15 is 0 Å². The van der Waals surface area contributed by atoms with E-state index in [1.165, 1.54) is 6.92 Å². The van der Waals surface area contributed by atoms with E-state index in [4.69, 9.17) is 9.47 Å². The third kappa shape index (κ3) is 5.86. The van der Waals surface area contributed by atoms with Crippen LogP contribution in [0.5, 0.6) is 0 Å². The van der Waals surface area contributed by atoms with Gasteiger partial charge in [0.2, 0.25) is 0 Å². The van der Waals surface area contributed by atoms with Crippen LogP contribution >= 0.6 is 0 Å². The molecular weight excluding hydrogens is 304 g/mol. The predicted octanol–water partition coefficient (Wildman–Crippen LogP) is 1.56. The molecule has 7 heteroatoms. The summed E-state index contributed by atoms with van der Waals surface area (Å²) in [7, 11) is 3.42. The van der Waals surface area contributed by atoms with Gasteiger partial charge in [0.1, 0.15) is 0 Å². The summed E-state index contributed by atoms with van der Waals surface area (Å²) in [6.45, 7) is 7.15. The highest BCUT2D eigenvalue weighted by atomic mass is 16.6. The van der Waals surface area contributed by atoms with Gasteiger partial charge in [-0.1, -0.05) is 25.5 Å². The van der Waals surface area contributed by atoms with Gasteiger partial charge in [-0.25, -0.2) is 14.4 Å². The molecule has 0 aliphatic rings. The molecule has 130 valence electrons. The predicted molar refractivity (Wildman–Crippen MR) is 82.5 cm³/mol. The van der Waals surface area contributed by atoms with Gasteiger partial charge >= 0.3 is 17.9 Å². The van der Waals surface area contributed by atoms with Crippen molar-refractivity contribution in [2.24, 2.45) is 0 Å². The number of carbonyl (C=O) groups excluding carboxylic acids is 3. The molecule has 0 aromatic heterocycles. The van der Waals surface area contributed by atoms with E-state index in [0.29, 0.717) is 6.42 Å². The van der Waals surface area contributed by atoms with E-state index in [-0.39, 0.29) is 12.2 Å². The lowest BCUT2D eigenvalue weighted by molar-refractivity contribution is -0.165. The van der Waals surface area contributed by atoms with Crippen molar-refractivity contribution in [1.29, 1.82) is 0 Å². The third-order valence-electron chi connectivity index (χ3n) is 3.13. The molecule has 0 aromatic rings. The van der Waals surface area contributed by atoms with Crippen LogP contribution in [0.1, 0.15) is 26.7 Å². The Morgan fingerprint density at radius 3 is 2.13 bits per heavy atom. The molecule has 0 saturated heterocycles. The summed E-state index contributed by atoms with van der Waals surface area (Å²) in [5, 5.41) is 0. The SMILES string of the molecule is C=C(CCC)CO[C@@](C)(C(=O)OC)/C(=C/C(=O)OC)C(=O)OC. The number of methoxy groups -OCH3 is 3. The van der Waals surface area contributed by atoms with Gasteiger partial charge in [-0.3, -0.25) is 0 Å². The molecule has 1 atom stereocenters. The molecule has 0 unspecified atom stereocenters. The van der Waals surface area contributed by atoms with Crippen molar-refractivity contribution in [3.63, 3.8) is 0 Å². The van der Waals surface area contributed by atoms with Crippen molar-refractivity contribution in [2.75, 3.05) is 27.9 Å². The van der Waals surface area contributed by atoms with Crippen LogP contribution in [0.25, 0.3) is 0 Å². The van der Waals surface area contributed by atoms with Crippen LogP contribution in [0.4, 0.5) is 0 Å². The summed E-state index contributed by atoms with van der Waals surface area (Å²) in [6.07, 6.45) is 2.41. The maximum absolute atomic E-state index is 12.2. The molecular formula is C16H24O7. The summed E-state index contributed by atoms with van der Waals surface area (Å²) < 4.78 is 19.4. The second-order valence-electron chi connectivity index (χ2n) is 4.89. The van der Waals surface area contributed by atoms with Crippen molar-refractivity contribution >= 4 is 17.9 Å². The van der Waals surface area contributed by atoms with E-state index in [2.05, 4.69) is 16.1 Å². The fourth-order valence-corrected chi connectivity index (χ4v) is 1.79. The topological polar surface area (TPSA) is 88.1 Å². The van der Waals surface area contributed by atoms with E-state index in [9.17, 15) is 14.4 Å². The van der Waals surface area contributed by atoms with Crippen LogP contribution in [0.15, 0.2) is 23.8 Å². The number of esters is 3. The first-order valence-corrected chi connectivity index (χ1v) is 7.04. The Labute approximate surface area is 136 Å². The molecule has 23 heavy (non-hydrogen) atoms. The van der Waals surface area contributed by atoms with E-state index in [0.717, 1.165) is 39.4 Å². The molecule has 0 amide bonds. The molecule has 0 spiro atoms. The highest BCUT2D eigenvalue weighted by molar-refractivity contribution is 6.04. The van der Waals surface area contributed by atoms with Crippen LogP contribution in [-0.2, 0) is 33.3 Å². The Kier molecular flexibility index (Phi) is 8.87. The van der Waals surface area contributed by atoms with E-state index < -0.39 is 23.5 Å². The van der Waals surface area contributed by atoms with Gasteiger partial charge < -0.3 is 18.9 Å². The molecule has 0 saturated carbocycles. The first-order valence-electron chi connectivity index (χ1n) is 7.04. The molecule has 0 bridgehead atoms. The number of rotatable bonds is 9. The minimum atomic E-state index is -1.83. The van der Waals surface area contributed by atoms with Gasteiger partial charge in [-0.15, -0.1) is 0 Å². The Hall–Kier alpha value is -2.15. The zero-order valence-corrected chi connectivity index (χ0v) is 14.3. The normalized spacial score (nSPS) is 13.7. The van der Waals surface area contributed by atoms with Gasteiger partial charge in [-0.05, 0) is 13.3 Å². The third-order valence-corrected chi connectivity index (χ3v) is 3.13. The van der Waals surface area contributed by atoms with Gasteiger partial charge in [0.15, 0.2) is 5.60 Å². The summed E-state index contributed by atoms with van der Waals surface area (Å²) >= 11 is 0. The van der Waals surface area contributed by atoms with Crippen molar-refractivity contribution in [1.82, 2.24) is 0 Å². The first kappa shape index (κ1) is 20.9. The Morgan fingerprint density at radius 2 is 1.70 bits per heavy atom. The number of ether oxygens (including phenoxy) is 4. The van der Waals surface area contributed by atoms with Crippen molar-refractivity contribution in [3.8, 4) is 0 Å². The Balaban J connectivity index is 5.72. The van der Waals surface area contributed by atoms with Crippen molar-refractivity contribution in [3.05, 3.63) is 23.8 Å². The lowest BCUT2D eigenvalue weighted by Gasteiger charge is -2.28. The van der Waals surface area contributed by atoms with Crippen LogP contribution in [0, 0.1) is 0 Å². The molecule has 7 nitrogen and oxygen atoms in total. The molecule has 0 aliphatic carbocycles. The van der Waals surface area contributed by atoms with Crippen LogP contribution in [0.2, 0.25) is 0 Å². The van der Waals surface area contributed by atoms with Crippen LogP contribution < -0.4 is 0 Å². The molecule has 0 aliphatic heterocycles. The molecule has 0 fully saturated rings. The number of carbonyl (C=O) groups is 3. The maximum atomic E-state index is 12.2. The second kappa shape index (κ2) is 9.78. The van der Waals surface area contributed by atoms with Crippen LogP contribution in [0.3, 0.4) is 0 Å². The summed E-state index contributed by atoms with van der Waals surface area (Å²) in [5.41, 5.74) is -1.40. The zero-order valence-electron chi connectivity index (χ0n) is 14.3. The Morgan fingerprint density at radius 1 is 1.09 bits per heavy atom. The van der Waals surface area contributed by atoms with Gasteiger partial charge in [0.25, 0.3) is 0 Å². The van der Waals surface area contributed by atoms with Gasteiger partial charge in [-0.2, -0.15) is 0 Å². The summed E-state index contributed by atoms with van der Waals surface area (Å²) in [5.74, 6) is -2.57. The first-order chi connectivity index (χ1) is 10.8. The van der Waals surface area contributed by atoms with Crippen LogP contribution in [-0.4, -0.2) is 51.4 Å². The number of hydrogen-bond acceptors (Lipinski definition) is 7. The lowest BCUT2D eigenvalue weighted by atomic mass is 9.94. The monoisotopic (exact) mass is 328 g/mol. The number of hydrogen-bond donors (Lipinski definition) is 0. The fraction of sp³-hybridized carbons (Fsp3) is 0.562.